The molecule has 0 heterocycles. The van der Waals surface area contributed by atoms with Crippen LogP contribution in [0.2, 0.25) is 0 Å². The van der Waals surface area contributed by atoms with Crippen LogP contribution in [0.4, 0.5) is 4.39 Å². The van der Waals surface area contributed by atoms with Crippen molar-refractivity contribution < 1.29 is 9.13 Å². The first kappa shape index (κ1) is 15.3. The average Bonchev–Trinajstić information content (AvgIpc) is 2.40. The molecular weight excluding hydrogens is 253 g/mol. The summed E-state index contributed by atoms with van der Waals surface area (Å²) in [5.41, 5.74) is 7.03. The van der Waals surface area contributed by atoms with Crippen molar-refractivity contribution in [3.63, 3.8) is 0 Å². The van der Waals surface area contributed by atoms with E-state index in [1.807, 2.05) is 12.1 Å². The van der Waals surface area contributed by atoms with Crippen LogP contribution in [0.5, 0.6) is 5.75 Å². The van der Waals surface area contributed by atoms with Crippen molar-refractivity contribution in [1.82, 2.24) is 0 Å². The smallest absolute Gasteiger partial charge is 0.168 e. The van der Waals surface area contributed by atoms with Gasteiger partial charge in [0.1, 0.15) is 0 Å². The van der Waals surface area contributed by atoms with Gasteiger partial charge < -0.3 is 10.5 Å². The zero-order valence-corrected chi connectivity index (χ0v) is 12.4. The third-order valence-corrected chi connectivity index (χ3v) is 4.47. The lowest BCUT2D eigenvalue weighted by atomic mass is 9.84. The largest absolute Gasteiger partial charge is 0.494 e. The summed E-state index contributed by atoms with van der Waals surface area (Å²) >= 11 is 0. The fourth-order valence-electron chi connectivity index (χ4n) is 3.21. The number of ether oxygens (including phenoxy) is 1. The van der Waals surface area contributed by atoms with Gasteiger partial charge in [-0.1, -0.05) is 44.2 Å². The van der Waals surface area contributed by atoms with Gasteiger partial charge in [0.2, 0.25) is 0 Å². The molecule has 0 amide bonds. The van der Waals surface area contributed by atoms with Crippen LogP contribution in [-0.4, -0.2) is 13.2 Å². The molecule has 2 nitrogen and oxygen atoms in total. The van der Waals surface area contributed by atoms with Crippen molar-refractivity contribution in [2.45, 2.75) is 57.4 Å². The summed E-state index contributed by atoms with van der Waals surface area (Å²) in [6.07, 6.45) is 9.49. The molecule has 2 N–H and O–H groups in total. The van der Waals surface area contributed by atoms with E-state index in [1.165, 1.54) is 52.1 Å². The predicted molar refractivity (Wildman–Crippen MR) is 80.4 cm³/mol. The van der Waals surface area contributed by atoms with E-state index in [2.05, 4.69) is 0 Å². The van der Waals surface area contributed by atoms with Crippen LogP contribution in [0, 0.1) is 11.7 Å². The Morgan fingerprint density at radius 1 is 1.20 bits per heavy atom. The van der Waals surface area contributed by atoms with Crippen LogP contribution < -0.4 is 10.5 Å². The van der Waals surface area contributed by atoms with Crippen molar-refractivity contribution in [1.29, 1.82) is 0 Å². The molecule has 2 rings (SSSR count). The van der Waals surface area contributed by atoms with E-state index in [-0.39, 0.29) is 11.9 Å². The van der Waals surface area contributed by atoms with Gasteiger partial charge in [-0.2, -0.15) is 0 Å². The fraction of sp³-hybridized carbons (Fsp3) is 0.647. The lowest BCUT2D eigenvalue weighted by Crippen LogP contribution is -2.33. The molecule has 1 saturated carbocycles. The lowest BCUT2D eigenvalue weighted by Gasteiger charge is -2.26. The number of rotatable bonds is 4. The maximum atomic E-state index is 14.2. The van der Waals surface area contributed by atoms with Gasteiger partial charge in [0.25, 0.3) is 0 Å². The summed E-state index contributed by atoms with van der Waals surface area (Å²) in [7, 11) is 1.50. The Morgan fingerprint density at radius 3 is 2.50 bits per heavy atom. The molecule has 3 heteroatoms. The SMILES string of the molecule is COc1cccc(CC(N)C2CCCCCCC2)c1F. The van der Waals surface area contributed by atoms with E-state index in [1.54, 1.807) is 6.07 Å². The highest BCUT2D eigenvalue weighted by Gasteiger charge is 2.21. The first-order valence-corrected chi connectivity index (χ1v) is 7.79. The summed E-state index contributed by atoms with van der Waals surface area (Å²) in [5, 5.41) is 0. The third-order valence-electron chi connectivity index (χ3n) is 4.47. The highest BCUT2D eigenvalue weighted by atomic mass is 19.1. The molecule has 20 heavy (non-hydrogen) atoms. The van der Waals surface area contributed by atoms with Crippen molar-refractivity contribution in [3.05, 3.63) is 29.6 Å². The summed E-state index contributed by atoms with van der Waals surface area (Å²) in [4.78, 5) is 0. The van der Waals surface area contributed by atoms with Gasteiger partial charge in [-0.3, -0.25) is 0 Å². The monoisotopic (exact) mass is 279 g/mol. The molecule has 0 bridgehead atoms. The number of hydrogen-bond donors (Lipinski definition) is 1. The average molecular weight is 279 g/mol. The fourth-order valence-corrected chi connectivity index (χ4v) is 3.21. The van der Waals surface area contributed by atoms with E-state index in [0.29, 0.717) is 23.7 Å². The van der Waals surface area contributed by atoms with E-state index >= 15 is 0 Å². The first-order chi connectivity index (χ1) is 9.72. The normalized spacial score (nSPS) is 19.1. The van der Waals surface area contributed by atoms with Crippen LogP contribution in [0.25, 0.3) is 0 Å². The second-order valence-electron chi connectivity index (χ2n) is 5.91. The topological polar surface area (TPSA) is 35.2 Å². The Bertz CT molecular complexity index is 413. The highest BCUT2D eigenvalue weighted by Crippen LogP contribution is 2.27. The molecule has 1 atom stereocenters. The van der Waals surface area contributed by atoms with E-state index < -0.39 is 0 Å². The quantitative estimate of drug-likeness (QED) is 0.902. The third kappa shape index (κ3) is 3.95. The molecule has 0 aromatic heterocycles. The van der Waals surface area contributed by atoms with E-state index in [9.17, 15) is 4.39 Å². The summed E-state index contributed by atoms with van der Waals surface area (Å²) in [6, 6.07) is 5.36. The molecule has 1 aromatic rings. The molecule has 0 radical (unpaired) electrons. The van der Waals surface area contributed by atoms with Crippen LogP contribution in [0.1, 0.15) is 50.5 Å². The van der Waals surface area contributed by atoms with Crippen LogP contribution in [0.3, 0.4) is 0 Å². The molecule has 1 aromatic carbocycles. The summed E-state index contributed by atoms with van der Waals surface area (Å²) < 4.78 is 19.2. The van der Waals surface area contributed by atoms with Gasteiger partial charge in [-0.15, -0.1) is 0 Å². The zero-order chi connectivity index (χ0) is 14.4. The van der Waals surface area contributed by atoms with Gasteiger partial charge in [0, 0.05) is 6.04 Å². The van der Waals surface area contributed by atoms with Crippen molar-refractivity contribution in [2.75, 3.05) is 7.11 Å². The number of methoxy groups -OCH3 is 1. The Hall–Kier alpha value is -1.09. The number of benzene rings is 1. The Kier molecular flexibility index (Phi) is 5.84. The van der Waals surface area contributed by atoms with E-state index in [4.69, 9.17) is 10.5 Å². The van der Waals surface area contributed by atoms with Crippen molar-refractivity contribution in [3.8, 4) is 5.75 Å². The van der Waals surface area contributed by atoms with Crippen molar-refractivity contribution >= 4 is 0 Å². The van der Waals surface area contributed by atoms with Gasteiger partial charge in [-0.25, -0.2) is 4.39 Å². The lowest BCUT2D eigenvalue weighted by molar-refractivity contribution is 0.319. The molecule has 0 aliphatic heterocycles. The Morgan fingerprint density at radius 2 is 1.85 bits per heavy atom. The highest BCUT2D eigenvalue weighted by molar-refractivity contribution is 5.31. The molecule has 1 fully saturated rings. The van der Waals surface area contributed by atoms with Crippen LogP contribution in [0.15, 0.2) is 18.2 Å². The maximum Gasteiger partial charge on any atom is 0.168 e. The van der Waals surface area contributed by atoms with Crippen LogP contribution >= 0.6 is 0 Å². The second kappa shape index (κ2) is 7.63. The number of halogens is 1. The maximum absolute atomic E-state index is 14.2. The molecule has 0 saturated heterocycles. The number of hydrogen-bond acceptors (Lipinski definition) is 2. The summed E-state index contributed by atoms with van der Waals surface area (Å²) in [5.74, 6) is 0.588. The van der Waals surface area contributed by atoms with Crippen molar-refractivity contribution in [2.24, 2.45) is 11.7 Å². The van der Waals surface area contributed by atoms with Gasteiger partial charge in [0.05, 0.1) is 7.11 Å². The van der Waals surface area contributed by atoms with Gasteiger partial charge in [0.15, 0.2) is 11.6 Å². The minimum Gasteiger partial charge on any atom is -0.494 e. The minimum absolute atomic E-state index is 0.0507. The molecule has 112 valence electrons. The second-order valence-corrected chi connectivity index (χ2v) is 5.91. The first-order valence-electron chi connectivity index (χ1n) is 7.79. The van der Waals surface area contributed by atoms with E-state index in [0.717, 1.165) is 0 Å². The van der Waals surface area contributed by atoms with Crippen LogP contribution in [-0.2, 0) is 6.42 Å². The molecule has 0 spiro atoms. The minimum atomic E-state index is -0.253. The molecule has 1 unspecified atom stereocenters. The summed E-state index contributed by atoms with van der Waals surface area (Å²) in [6.45, 7) is 0. The van der Waals surface area contributed by atoms with Gasteiger partial charge in [-0.05, 0) is 36.8 Å². The zero-order valence-electron chi connectivity index (χ0n) is 12.4. The standard InChI is InChI=1S/C17H26FNO/c1-20-16-11-7-10-14(17(16)18)12-15(19)13-8-5-3-2-4-6-9-13/h7,10-11,13,15H,2-6,8-9,12,19H2,1H3. The molecule has 1 aliphatic rings. The predicted octanol–water partition coefficient (Wildman–Crippen LogP) is 4.06. The molecular formula is C17H26FNO. The molecule has 1 aliphatic carbocycles. The number of nitrogens with two attached hydrogens (primary N) is 1. The Balaban J connectivity index is 2.00. The van der Waals surface area contributed by atoms with Gasteiger partial charge >= 0.3 is 0 Å². The Labute approximate surface area is 121 Å².